The standard InChI is InChI=1S/C10H21N3OS2/c1-13(2)12-10(14)11-7-4-3-5-9-6-8-15-16-9/h9H,3-8H2,1-2H3,(H2,11,12,14). The Morgan fingerprint density at radius 3 is 2.88 bits per heavy atom. The van der Waals surface area contributed by atoms with Gasteiger partial charge in [-0.15, -0.1) is 0 Å². The molecule has 1 saturated heterocycles. The maximum atomic E-state index is 11.2. The van der Waals surface area contributed by atoms with E-state index in [1.807, 2.05) is 21.6 Å². The van der Waals surface area contributed by atoms with Gasteiger partial charge in [0.2, 0.25) is 0 Å². The largest absolute Gasteiger partial charge is 0.337 e. The van der Waals surface area contributed by atoms with E-state index in [2.05, 4.69) is 10.7 Å². The van der Waals surface area contributed by atoms with Gasteiger partial charge >= 0.3 is 6.03 Å². The van der Waals surface area contributed by atoms with Crippen LogP contribution in [-0.2, 0) is 0 Å². The smallest absolute Gasteiger partial charge is 0.329 e. The van der Waals surface area contributed by atoms with Gasteiger partial charge in [0.1, 0.15) is 0 Å². The molecule has 2 amide bonds. The number of rotatable bonds is 6. The molecule has 6 heteroatoms. The number of hydrogen-bond acceptors (Lipinski definition) is 4. The molecule has 0 aromatic carbocycles. The summed E-state index contributed by atoms with van der Waals surface area (Å²) in [6.45, 7) is 0.768. The molecule has 94 valence electrons. The molecule has 1 heterocycles. The number of unbranched alkanes of at least 4 members (excludes halogenated alkanes) is 1. The third-order valence-corrected chi connectivity index (χ3v) is 5.30. The SMILES string of the molecule is CN(C)NC(=O)NCCCCC1CCSS1. The lowest BCUT2D eigenvalue weighted by Crippen LogP contribution is -2.43. The summed E-state index contributed by atoms with van der Waals surface area (Å²) in [5.41, 5.74) is 2.65. The van der Waals surface area contributed by atoms with Gasteiger partial charge in [-0.1, -0.05) is 28.0 Å². The van der Waals surface area contributed by atoms with Gasteiger partial charge < -0.3 is 5.32 Å². The Morgan fingerprint density at radius 1 is 1.44 bits per heavy atom. The van der Waals surface area contributed by atoms with E-state index in [9.17, 15) is 4.79 Å². The Kier molecular flexibility index (Phi) is 7.07. The van der Waals surface area contributed by atoms with E-state index < -0.39 is 0 Å². The van der Waals surface area contributed by atoms with Crippen LogP contribution in [0.25, 0.3) is 0 Å². The van der Waals surface area contributed by atoms with Crippen molar-refractivity contribution in [1.29, 1.82) is 0 Å². The number of hydrazine groups is 1. The van der Waals surface area contributed by atoms with E-state index in [0.29, 0.717) is 0 Å². The predicted molar refractivity (Wildman–Crippen MR) is 72.5 cm³/mol. The van der Waals surface area contributed by atoms with Gasteiger partial charge in [-0.25, -0.2) is 9.80 Å². The van der Waals surface area contributed by atoms with Crippen LogP contribution in [0.4, 0.5) is 4.79 Å². The number of carbonyl (C=O) groups excluding carboxylic acids is 1. The molecule has 16 heavy (non-hydrogen) atoms. The molecular weight excluding hydrogens is 242 g/mol. The van der Waals surface area contributed by atoms with E-state index in [4.69, 9.17) is 0 Å². The lowest BCUT2D eigenvalue weighted by Gasteiger charge is -2.13. The maximum Gasteiger partial charge on any atom is 0.329 e. The van der Waals surface area contributed by atoms with Gasteiger partial charge in [0.25, 0.3) is 0 Å². The summed E-state index contributed by atoms with van der Waals surface area (Å²) < 4.78 is 0. The van der Waals surface area contributed by atoms with Crippen LogP contribution in [0.3, 0.4) is 0 Å². The zero-order valence-corrected chi connectivity index (χ0v) is 11.6. The minimum absolute atomic E-state index is 0.115. The van der Waals surface area contributed by atoms with Crippen molar-refractivity contribution in [2.24, 2.45) is 0 Å². The van der Waals surface area contributed by atoms with Crippen LogP contribution < -0.4 is 10.7 Å². The topological polar surface area (TPSA) is 44.4 Å². The number of carbonyl (C=O) groups is 1. The molecule has 0 radical (unpaired) electrons. The molecule has 1 atom stereocenters. The normalized spacial score (nSPS) is 20.1. The molecule has 0 aromatic heterocycles. The minimum atomic E-state index is -0.115. The van der Waals surface area contributed by atoms with E-state index in [1.165, 1.54) is 25.0 Å². The van der Waals surface area contributed by atoms with Crippen LogP contribution in [0.2, 0.25) is 0 Å². The highest BCUT2D eigenvalue weighted by molar-refractivity contribution is 8.77. The van der Waals surface area contributed by atoms with Crippen molar-refractivity contribution in [2.75, 3.05) is 26.4 Å². The van der Waals surface area contributed by atoms with Crippen LogP contribution in [0.15, 0.2) is 0 Å². The quantitative estimate of drug-likeness (QED) is 0.437. The van der Waals surface area contributed by atoms with E-state index in [-0.39, 0.29) is 6.03 Å². The van der Waals surface area contributed by atoms with Gasteiger partial charge in [-0.2, -0.15) is 0 Å². The first-order valence-electron chi connectivity index (χ1n) is 5.68. The molecule has 1 aliphatic rings. The fraction of sp³-hybridized carbons (Fsp3) is 0.900. The summed E-state index contributed by atoms with van der Waals surface area (Å²) in [5, 5.41) is 5.32. The predicted octanol–water partition coefficient (Wildman–Crippen LogP) is 2.09. The minimum Gasteiger partial charge on any atom is -0.337 e. The monoisotopic (exact) mass is 263 g/mol. The fourth-order valence-corrected chi connectivity index (χ4v) is 4.53. The molecule has 0 spiro atoms. The Hall–Kier alpha value is -0.0700. The van der Waals surface area contributed by atoms with Crippen molar-refractivity contribution in [1.82, 2.24) is 15.8 Å². The van der Waals surface area contributed by atoms with Crippen molar-refractivity contribution in [2.45, 2.75) is 30.9 Å². The highest BCUT2D eigenvalue weighted by atomic mass is 33.1. The number of hydrogen-bond donors (Lipinski definition) is 2. The number of urea groups is 1. The second-order valence-electron chi connectivity index (χ2n) is 4.09. The molecule has 1 rings (SSSR count). The average Bonchev–Trinajstić information content (AvgIpc) is 2.68. The third kappa shape index (κ3) is 6.50. The first-order chi connectivity index (χ1) is 7.68. The van der Waals surface area contributed by atoms with Crippen molar-refractivity contribution in [3.05, 3.63) is 0 Å². The summed E-state index contributed by atoms with van der Waals surface area (Å²) in [6, 6.07) is -0.115. The van der Waals surface area contributed by atoms with Gasteiger partial charge in [0, 0.05) is 31.6 Å². The van der Waals surface area contributed by atoms with Crippen LogP contribution in [0.5, 0.6) is 0 Å². The Bertz CT molecular complexity index is 208. The summed E-state index contributed by atoms with van der Waals surface area (Å²) >= 11 is 0. The van der Waals surface area contributed by atoms with Crippen molar-refractivity contribution in [3.8, 4) is 0 Å². The lowest BCUT2D eigenvalue weighted by molar-refractivity contribution is 0.212. The molecule has 0 aliphatic carbocycles. The molecule has 0 bridgehead atoms. The highest BCUT2D eigenvalue weighted by Gasteiger charge is 2.15. The molecule has 1 aliphatic heterocycles. The van der Waals surface area contributed by atoms with Gasteiger partial charge in [0.15, 0.2) is 0 Å². The summed E-state index contributed by atoms with van der Waals surface area (Å²) in [5.74, 6) is 1.30. The molecule has 1 unspecified atom stereocenters. The summed E-state index contributed by atoms with van der Waals surface area (Å²) in [7, 11) is 7.61. The zero-order valence-electron chi connectivity index (χ0n) is 9.99. The molecular formula is C10H21N3OS2. The third-order valence-electron chi connectivity index (χ3n) is 2.29. The molecule has 2 N–H and O–H groups in total. The van der Waals surface area contributed by atoms with Crippen molar-refractivity contribution >= 4 is 27.6 Å². The highest BCUT2D eigenvalue weighted by Crippen LogP contribution is 2.39. The molecule has 0 aromatic rings. The average molecular weight is 263 g/mol. The maximum absolute atomic E-state index is 11.2. The van der Waals surface area contributed by atoms with E-state index in [0.717, 1.165) is 18.2 Å². The lowest BCUT2D eigenvalue weighted by atomic mass is 10.1. The number of nitrogens with zero attached hydrogens (tertiary/aromatic N) is 1. The molecule has 0 saturated carbocycles. The van der Waals surface area contributed by atoms with Crippen molar-refractivity contribution < 1.29 is 4.79 Å². The second-order valence-corrected chi connectivity index (χ2v) is 6.87. The summed E-state index contributed by atoms with van der Waals surface area (Å²) in [6.07, 6.45) is 4.92. The Balaban J connectivity index is 1.89. The van der Waals surface area contributed by atoms with Gasteiger partial charge in [0.05, 0.1) is 0 Å². The molecule has 4 nitrogen and oxygen atoms in total. The summed E-state index contributed by atoms with van der Waals surface area (Å²) in [4.78, 5) is 11.2. The Morgan fingerprint density at radius 2 is 2.25 bits per heavy atom. The fourth-order valence-electron chi connectivity index (χ4n) is 1.51. The van der Waals surface area contributed by atoms with Gasteiger partial charge in [-0.05, 0) is 19.3 Å². The second kappa shape index (κ2) is 8.08. The first kappa shape index (κ1) is 14.0. The zero-order chi connectivity index (χ0) is 11.8. The Labute approximate surface area is 106 Å². The van der Waals surface area contributed by atoms with Crippen molar-refractivity contribution in [3.63, 3.8) is 0 Å². The van der Waals surface area contributed by atoms with Crippen LogP contribution in [-0.4, -0.2) is 42.7 Å². The van der Waals surface area contributed by atoms with Crippen LogP contribution in [0, 0.1) is 0 Å². The van der Waals surface area contributed by atoms with E-state index in [1.54, 1.807) is 19.1 Å². The molecule has 1 fully saturated rings. The van der Waals surface area contributed by atoms with Crippen LogP contribution >= 0.6 is 21.6 Å². The number of amides is 2. The van der Waals surface area contributed by atoms with Crippen LogP contribution in [0.1, 0.15) is 25.7 Å². The first-order valence-corrected chi connectivity index (χ1v) is 8.07. The number of nitrogens with one attached hydrogen (secondary N) is 2. The van der Waals surface area contributed by atoms with Gasteiger partial charge in [-0.3, -0.25) is 5.43 Å². The van der Waals surface area contributed by atoms with E-state index >= 15 is 0 Å².